The fraction of sp³-hybridized carbons (Fsp3) is 0.478. The fourth-order valence-corrected chi connectivity index (χ4v) is 6.51. The van der Waals surface area contributed by atoms with E-state index in [2.05, 4.69) is 69.3 Å². The van der Waals surface area contributed by atoms with E-state index in [9.17, 15) is 10.2 Å². The van der Waals surface area contributed by atoms with Gasteiger partial charge in [-0.1, -0.05) is 81.4 Å². The van der Waals surface area contributed by atoms with Crippen LogP contribution in [0.2, 0.25) is 0 Å². The summed E-state index contributed by atoms with van der Waals surface area (Å²) in [7, 11) is -1.87. The van der Waals surface area contributed by atoms with E-state index in [1.807, 2.05) is 12.1 Å². The van der Waals surface area contributed by atoms with E-state index in [4.69, 9.17) is 4.43 Å². The highest BCUT2D eigenvalue weighted by atomic mass is 28.3. The lowest BCUT2D eigenvalue weighted by Crippen LogP contribution is -2.51. The molecule has 2 aromatic rings. The van der Waals surface area contributed by atoms with Crippen LogP contribution in [-0.2, 0) is 4.43 Å². The molecule has 2 N–H and O–H groups in total. The molecule has 0 aliphatic carbocycles. The Balaban J connectivity index is 2.37. The maximum atomic E-state index is 9.61. The van der Waals surface area contributed by atoms with Crippen molar-refractivity contribution in [3.05, 3.63) is 60.7 Å². The smallest absolute Gasteiger partial charge is 0.240 e. The van der Waals surface area contributed by atoms with Crippen LogP contribution in [0, 0.1) is 11.3 Å². The highest BCUT2D eigenvalue weighted by molar-refractivity contribution is 6.80. The van der Waals surface area contributed by atoms with Crippen LogP contribution in [0.5, 0.6) is 0 Å². The standard InChI is InChI=1S/C23H34O3Si/c1-23(2,3)22(19(16-18-25)11-10-17-24)26-27(20-12-6-4-7-13-20)21-14-8-5-9-15-21/h4-9,12-15,19,22,24-25,27H,10-11,16-18H2,1-3H3/t19-,22?/m0/s1. The van der Waals surface area contributed by atoms with Crippen molar-refractivity contribution in [3.8, 4) is 0 Å². The molecule has 0 spiro atoms. The van der Waals surface area contributed by atoms with Gasteiger partial charge in [-0.3, -0.25) is 0 Å². The molecule has 0 radical (unpaired) electrons. The number of hydrogen-bond acceptors (Lipinski definition) is 3. The Hall–Kier alpha value is -1.46. The van der Waals surface area contributed by atoms with Gasteiger partial charge in [0, 0.05) is 13.2 Å². The molecule has 2 rings (SSSR count). The maximum Gasteiger partial charge on any atom is 0.240 e. The van der Waals surface area contributed by atoms with Crippen molar-refractivity contribution < 1.29 is 14.6 Å². The Morgan fingerprint density at radius 1 is 0.815 bits per heavy atom. The van der Waals surface area contributed by atoms with Crippen LogP contribution < -0.4 is 10.4 Å². The second-order valence-electron chi connectivity index (χ2n) is 8.26. The van der Waals surface area contributed by atoms with Crippen LogP contribution in [0.4, 0.5) is 0 Å². The van der Waals surface area contributed by atoms with E-state index in [1.165, 1.54) is 10.4 Å². The second kappa shape index (κ2) is 10.8. The van der Waals surface area contributed by atoms with Gasteiger partial charge in [0.1, 0.15) is 0 Å². The predicted molar refractivity (Wildman–Crippen MR) is 115 cm³/mol. The Kier molecular flexibility index (Phi) is 8.70. The minimum Gasteiger partial charge on any atom is -0.407 e. The lowest BCUT2D eigenvalue weighted by Gasteiger charge is -2.40. The highest BCUT2D eigenvalue weighted by Crippen LogP contribution is 2.33. The number of rotatable bonds is 10. The van der Waals surface area contributed by atoms with E-state index in [1.54, 1.807) is 0 Å². The van der Waals surface area contributed by atoms with Gasteiger partial charge >= 0.3 is 0 Å². The first kappa shape index (κ1) is 21.8. The number of aliphatic hydroxyl groups is 2. The Morgan fingerprint density at radius 3 is 1.74 bits per heavy atom. The van der Waals surface area contributed by atoms with Gasteiger partial charge in [0.25, 0.3) is 0 Å². The monoisotopic (exact) mass is 386 g/mol. The van der Waals surface area contributed by atoms with Crippen LogP contribution in [0.1, 0.15) is 40.0 Å². The molecule has 2 atom stereocenters. The van der Waals surface area contributed by atoms with Crippen LogP contribution >= 0.6 is 0 Å². The van der Waals surface area contributed by atoms with Gasteiger partial charge < -0.3 is 14.6 Å². The summed E-state index contributed by atoms with van der Waals surface area (Å²) in [4.78, 5) is 0. The largest absolute Gasteiger partial charge is 0.407 e. The molecular formula is C23H34O3Si. The third-order valence-corrected chi connectivity index (χ3v) is 7.55. The molecule has 0 fully saturated rings. The van der Waals surface area contributed by atoms with E-state index in [0.717, 1.165) is 12.8 Å². The molecule has 3 nitrogen and oxygen atoms in total. The quantitative estimate of drug-likeness (QED) is 0.617. The van der Waals surface area contributed by atoms with Gasteiger partial charge in [-0.2, -0.15) is 0 Å². The number of hydrogen-bond donors (Lipinski definition) is 2. The molecule has 2 aromatic carbocycles. The zero-order valence-corrected chi connectivity index (χ0v) is 18.0. The average molecular weight is 387 g/mol. The fourth-order valence-electron chi connectivity index (χ4n) is 3.74. The molecule has 1 unspecified atom stereocenters. The van der Waals surface area contributed by atoms with Crippen LogP contribution in [0.25, 0.3) is 0 Å². The summed E-state index contributed by atoms with van der Waals surface area (Å²) in [5.74, 6) is 0.226. The molecule has 0 saturated carbocycles. The first-order valence-electron chi connectivity index (χ1n) is 9.94. The number of benzene rings is 2. The zero-order chi connectivity index (χ0) is 19.7. The second-order valence-corrected chi connectivity index (χ2v) is 10.6. The van der Waals surface area contributed by atoms with Gasteiger partial charge in [0.15, 0.2) is 0 Å². The summed E-state index contributed by atoms with van der Waals surface area (Å²) in [6.45, 7) is 6.96. The van der Waals surface area contributed by atoms with Gasteiger partial charge in [-0.25, -0.2) is 0 Å². The van der Waals surface area contributed by atoms with Crippen molar-refractivity contribution >= 4 is 19.4 Å². The predicted octanol–water partition coefficient (Wildman–Crippen LogP) is 2.73. The maximum absolute atomic E-state index is 9.61. The van der Waals surface area contributed by atoms with Crippen LogP contribution in [-0.4, -0.2) is 38.6 Å². The summed E-state index contributed by atoms with van der Waals surface area (Å²) in [6.07, 6.45) is 2.33. The molecule has 148 valence electrons. The summed E-state index contributed by atoms with van der Waals surface area (Å²) < 4.78 is 6.95. The highest BCUT2D eigenvalue weighted by Gasteiger charge is 2.35. The van der Waals surface area contributed by atoms with E-state index >= 15 is 0 Å². The van der Waals surface area contributed by atoms with Gasteiger partial charge in [0.05, 0.1) is 6.10 Å². The first-order chi connectivity index (χ1) is 13.0. The molecule has 0 saturated heterocycles. The lowest BCUT2D eigenvalue weighted by atomic mass is 9.78. The van der Waals surface area contributed by atoms with Crippen molar-refractivity contribution in [2.75, 3.05) is 13.2 Å². The zero-order valence-electron chi connectivity index (χ0n) is 16.8. The third kappa shape index (κ3) is 6.57. The molecule has 4 heteroatoms. The van der Waals surface area contributed by atoms with Gasteiger partial charge in [0.2, 0.25) is 9.04 Å². The molecular weight excluding hydrogens is 352 g/mol. The lowest BCUT2D eigenvalue weighted by molar-refractivity contribution is 0.0188. The van der Waals surface area contributed by atoms with Gasteiger partial charge in [-0.15, -0.1) is 0 Å². The molecule has 0 bridgehead atoms. The minimum absolute atomic E-state index is 0.0216. The molecule has 0 aliphatic rings. The van der Waals surface area contributed by atoms with E-state index in [-0.39, 0.29) is 30.7 Å². The summed E-state index contributed by atoms with van der Waals surface area (Å²) in [5.41, 5.74) is -0.0515. The topological polar surface area (TPSA) is 49.7 Å². The van der Waals surface area contributed by atoms with Crippen LogP contribution in [0.3, 0.4) is 0 Å². The van der Waals surface area contributed by atoms with Crippen molar-refractivity contribution in [2.24, 2.45) is 11.3 Å². The van der Waals surface area contributed by atoms with E-state index < -0.39 is 9.04 Å². The van der Waals surface area contributed by atoms with Gasteiger partial charge in [-0.05, 0) is 41.0 Å². The Bertz CT molecular complexity index is 600. The Labute approximate surface area is 165 Å². The molecule has 0 aromatic heterocycles. The van der Waals surface area contributed by atoms with E-state index in [0.29, 0.717) is 6.42 Å². The molecule has 27 heavy (non-hydrogen) atoms. The summed E-state index contributed by atoms with van der Waals surface area (Å²) >= 11 is 0. The normalized spacial score (nSPS) is 14.3. The minimum atomic E-state index is -1.87. The summed E-state index contributed by atoms with van der Waals surface area (Å²) in [5, 5.41) is 21.5. The van der Waals surface area contributed by atoms with Crippen molar-refractivity contribution in [1.82, 2.24) is 0 Å². The van der Waals surface area contributed by atoms with Crippen molar-refractivity contribution in [2.45, 2.75) is 46.1 Å². The SMILES string of the molecule is CC(C)(C)C(O[SiH](c1ccccc1)c1ccccc1)[C@H](CCO)CCCO. The average Bonchev–Trinajstić information content (AvgIpc) is 2.67. The summed E-state index contributed by atoms with van der Waals surface area (Å²) in [6, 6.07) is 21.0. The Morgan fingerprint density at radius 2 is 1.33 bits per heavy atom. The molecule has 0 amide bonds. The molecule has 0 aliphatic heterocycles. The number of aliphatic hydroxyl groups excluding tert-OH is 2. The first-order valence-corrected chi connectivity index (χ1v) is 11.6. The van der Waals surface area contributed by atoms with Crippen LogP contribution in [0.15, 0.2) is 60.7 Å². The van der Waals surface area contributed by atoms with Crippen molar-refractivity contribution in [1.29, 1.82) is 0 Å². The van der Waals surface area contributed by atoms with Crippen molar-refractivity contribution in [3.63, 3.8) is 0 Å². The molecule has 0 heterocycles. The third-order valence-electron chi connectivity index (χ3n) is 5.00.